The van der Waals surface area contributed by atoms with Gasteiger partial charge < -0.3 is 11.1 Å². The van der Waals surface area contributed by atoms with E-state index in [9.17, 15) is 0 Å². The van der Waals surface area contributed by atoms with E-state index in [1.54, 1.807) is 11.3 Å². The van der Waals surface area contributed by atoms with Crippen LogP contribution in [0.1, 0.15) is 29.6 Å². The van der Waals surface area contributed by atoms with Crippen molar-refractivity contribution in [1.82, 2.24) is 9.97 Å². The smallest absolute Gasteiger partial charge is 0.134 e. The van der Waals surface area contributed by atoms with Crippen molar-refractivity contribution >= 4 is 23.0 Å². The molecule has 2 rings (SSSR count). The molecule has 0 aliphatic rings. The molecule has 0 aliphatic carbocycles. The lowest BCUT2D eigenvalue weighted by Gasteiger charge is -2.11. The van der Waals surface area contributed by atoms with Crippen LogP contribution in [-0.2, 0) is 12.8 Å². The zero-order valence-electron chi connectivity index (χ0n) is 11.4. The molecule has 0 saturated carbocycles. The Bertz CT molecular complexity index is 522. The first-order chi connectivity index (χ1) is 9.20. The average molecular weight is 276 g/mol. The van der Waals surface area contributed by atoms with Crippen LogP contribution in [0.5, 0.6) is 0 Å². The summed E-state index contributed by atoms with van der Waals surface area (Å²) in [5.74, 6) is 2.27. The molecule has 0 amide bonds. The van der Waals surface area contributed by atoms with Crippen molar-refractivity contribution in [3.63, 3.8) is 0 Å². The van der Waals surface area contributed by atoms with Crippen LogP contribution >= 0.6 is 11.3 Å². The largest absolute Gasteiger partial charge is 0.383 e. The number of thiophene rings is 1. The van der Waals surface area contributed by atoms with Crippen LogP contribution in [0.2, 0.25) is 0 Å². The summed E-state index contributed by atoms with van der Waals surface area (Å²) >= 11 is 1.78. The minimum absolute atomic E-state index is 0.581. The standard InChI is InChI=1S/C14H20N4S/c1-3-5-12-17-13(15)10(2)14(18-12)16-8-7-11-6-4-9-19-11/h4,6,9H,3,5,7-8H2,1-2H3,(H3,15,16,17,18). The Balaban J connectivity index is 2.02. The first kappa shape index (κ1) is 13.8. The van der Waals surface area contributed by atoms with Crippen molar-refractivity contribution in [3.8, 4) is 0 Å². The normalized spacial score (nSPS) is 10.6. The van der Waals surface area contributed by atoms with Crippen LogP contribution in [-0.4, -0.2) is 16.5 Å². The van der Waals surface area contributed by atoms with Gasteiger partial charge in [-0.05, 0) is 31.2 Å². The molecule has 5 heteroatoms. The minimum atomic E-state index is 0.581. The van der Waals surface area contributed by atoms with Gasteiger partial charge in [0.15, 0.2) is 0 Å². The average Bonchev–Trinajstić information content (AvgIpc) is 2.88. The molecule has 0 radical (unpaired) electrons. The summed E-state index contributed by atoms with van der Waals surface area (Å²) in [7, 11) is 0. The third kappa shape index (κ3) is 3.67. The van der Waals surface area contributed by atoms with Crippen LogP contribution in [0.3, 0.4) is 0 Å². The Morgan fingerprint density at radius 2 is 2.16 bits per heavy atom. The van der Waals surface area contributed by atoms with Gasteiger partial charge in [0.2, 0.25) is 0 Å². The summed E-state index contributed by atoms with van der Waals surface area (Å²) in [6, 6.07) is 4.23. The number of aromatic nitrogens is 2. The predicted molar refractivity (Wildman–Crippen MR) is 81.7 cm³/mol. The number of nitrogens with two attached hydrogens (primary N) is 1. The molecular formula is C14H20N4S. The van der Waals surface area contributed by atoms with E-state index in [-0.39, 0.29) is 0 Å². The van der Waals surface area contributed by atoms with E-state index in [0.29, 0.717) is 5.82 Å². The molecule has 3 N–H and O–H groups in total. The summed E-state index contributed by atoms with van der Waals surface area (Å²) in [6.45, 7) is 4.94. The van der Waals surface area contributed by atoms with Gasteiger partial charge in [0.05, 0.1) is 0 Å². The van der Waals surface area contributed by atoms with Gasteiger partial charge in [-0.2, -0.15) is 0 Å². The van der Waals surface area contributed by atoms with Crippen LogP contribution in [0.15, 0.2) is 17.5 Å². The number of hydrogen-bond acceptors (Lipinski definition) is 5. The number of aryl methyl sites for hydroxylation is 1. The number of rotatable bonds is 6. The number of nitrogens with one attached hydrogen (secondary N) is 1. The molecule has 0 aromatic carbocycles. The number of hydrogen-bond donors (Lipinski definition) is 2. The summed E-state index contributed by atoms with van der Waals surface area (Å²) in [5.41, 5.74) is 6.87. The van der Waals surface area contributed by atoms with Gasteiger partial charge >= 0.3 is 0 Å². The zero-order valence-corrected chi connectivity index (χ0v) is 12.3. The Morgan fingerprint density at radius 3 is 2.84 bits per heavy atom. The van der Waals surface area contributed by atoms with Gasteiger partial charge in [0.1, 0.15) is 17.5 Å². The van der Waals surface area contributed by atoms with Crippen LogP contribution in [0, 0.1) is 6.92 Å². The highest BCUT2D eigenvalue weighted by atomic mass is 32.1. The molecule has 0 spiro atoms. The van der Waals surface area contributed by atoms with E-state index in [2.05, 4.69) is 39.7 Å². The molecule has 0 atom stereocenters. The van der Waals surface area contributed by atoms with Crippen molar-refractivity contribution in [2.75, 3.05) is 17.6 Å². The van der Waals surface area contributed by atoms with Crippen molar-refractivity contribution in [1.29, 1.82) is 0 Å². The fraction of sp³-hybridized carbons (Fsp3) is 0.429. The van der Waals surface area contributed by atoms with E-state index in [4.69, 9.17) is 5.73 Å². The predicted octanol–water partition coefficient (Wildman–Crippen LogP) is 3.04. The number of anilines is 2. The second-order valence-corrected chi connectivity index (χ2v) is 5.54. The molecule has 19 heavy (non-hydrogen) atoms. The molecule has 0 unspecified atom stereocenters. The highest BCUT2D eigenvalue weighted by Crippen LogP contribution is 2.18. The Hall–Kier alpha value is -1.62. The van der Waals surface area contributed by atoms with Crippen LogP contribution < -0.4 is 11.1 Å². The third-order valence-electron chi connectivity index (χ3n) is 2.95. The Morgan fingerprint density at radius 1 is 1.32 bits per heavy atom. The van der Waals surface area contributed by atoms with Crippen molar-refractivity contribution in [2.24, 2.45) is 0 Å². The fourth-order valence-electron chi connectivity index (χ4n) is 1.85. The lowest BCUT2D eigenvalue weighted by molar-refractivity contribution is 0.832. The molecule has 2 heterocycles. The van der Waals surface area contributed by atoms with E-state index in [1.807, 2.05) is 6.92 Å². The van der Waals surface area contributed by atoms with E-state index in [1.165, 1.54) is 4.88 Å². The molecule has 0 fully saturated rings. The maximum absolute atomic E-state index is 5.93. The summed E-state index contributed by atoms with van der Waals surface area (Å²) in [5, 5.41) is 5.47. The topological polar surface area (TPSA) is 63.8 Å². The summed E-state index contributed by atoms with van der Waals surface area (Å²) in [6.07, 6.45) is 2.89. The van der Waals surface area contributed by atoms with E-state index >= 15 is 0 Å². The minimum Gasteiger partial charge on any atom is -0.383 e. The lowest BCUT2D eigenvalue weighted by Crippen LogP contribution is -2.11. The highest BCUT2D eigenvalue weighted by Gasteiger charge is 2.08. The van der Waals surface area contributed by atoms with Crippen molar-refractivity contribution in [2.45, 2.75) is 33.1 Å². The quantitative estimate of drug-likeness (QED) is 0.851. The van der Waals surface area contributed by atoms with Crippen molar-refractivity contribution in [3.05, 3.63) is 33.8 Å². The second kappa shape index (κ2) is 6.52. The first-order valence-electron chi connectivity index (χ1n) is 6.60. The molecular weight excluding hydrogens is 256 g/mol. The maximum atomic E-state index is 5.93. The Labute approximate surface area is 118 Å². The van der Waals surface area contributed by atoms with Gasteiger partial charge in [-0.3, -0.25) is 0 Å². The van der Waals surface area contributed by atoms with Gasteiger partial charge in [0, 0.05) is 23.4 Å². The van der Waals surface area contributed by atoms with Crippen molar-refractivity contribution < 1.29 is 0 Å². The fourth-order valence-corrected chi connectivity index (χ4v) is 2.56. The number of nitrogen functional groups attached to an aromatic ring is 1. The van der Waals surface area contributed by atoms with Gasteiger partial charge in [-0.1, -0.05) is 13.0 Å². The Kier molecular flexibility index (Phi) is 4.74. The lowest BCUT2D eigenvalue weighted by atomic mass is 10.2. The molecule has 0 saturated heterocycles. The summed E-state index contributed by atoms with van der Waals surface area (Å²) < 4.78 is 0. The van der Waals surface area contributed by atoms with Crippen LogP contribution in [0.25, 0.3) is 0 Å². The molecule has 0 bridgehead atoms. The van der Waals surface area contributed by atoms with Gasteiger partial charge in [0.25, 0.3) is 0 Å². The van der Waals surface area contributed by atoms with Crippen LogP contribution in [0.4, 0.5) is 11.6 Å². The monoisotopic (exact) mass is 276 g/mol. The molecule has 0 aliphatic heterocycles. The third-order valence-corrected chi connectivity index (χ3v) is 3.88. The molecule has 4 nitrogen and oxygen atoms in total. The van der Waals surface area contributed by atoms with Gasteiger partial charge in [-0.25, -0.2) is 9.97 Å². The second-order valence-electron chi connectivity index (χ2n) is 4.50. The molecule has 2 aromatic rings. The molecule has 102 valence electrons. The SMILES string of the molecule is CCCc1nc(N)c(C)c(NCCc2cccs2)n1. The number of nitrogens with zero attached hydrogens (tertiary/aromatic N) is 2. The first-order valence-corrected chi connectivity index (χ1v) is 7.48. The highest BCUT2D eigenvalue weighted by molar-refractivity contribution is 7.09. The zero-order chi connectivity index (χ0) is 13.7. The molecule has 2 aromatic heterocycles. The maximum Gasteiger partial charge on any atom is 0.134 e. The summed E-state index contributed by atoms with van der Waals surface area (Å²) in [4.78, 5) is 10.2. The van der Waals surface area contributed by atoms with E-state index < -0.39 is 0 Å². The van der Waals surface area contributed by atoms with Gasteiger partial charge in [-0.15, -0.1) is 11.3 Å². The van der Waals surface area contributed by atoms with E-state index in [0.717, 1.165) is 43.0 Å².